The zero-order chi connectivity index (χ0) is 19.8. The summed E-state index contributed by atoms with van der Waals surface area (Å²) in [5.41, 5.74) is 0. The molecule has 8 nitrogen and oxygen atoms in total. The Kier molecular flexibility index (Phi) is 7.81. The number of ether oxygens (including phenoxy) is 2. The van der Waals surface area contributed by atoms with Gasteiger partial charge < -0.3 is 19.4 Å². The fourth-order valence-electron chi connectivity index (χ4n) is 2.41. The average molecular weight is 394 g/mol. The third-order valence-electron chi connectivity index (χ3n) is 3.92. The third kappa shape index (κ3) is 6.07. The van der Waals surface area contributed by atoms with Crippen molar-refractivity contribution in [2.75, 3.05) is 27.2 Å². The minimum Gasteiger partial charge on any atom is -0.497 e. The van der Waals surface area contributed by atoms with Crippen LogP contribution in [0.2, 0.25) is 0 Å². The molecular formula is C18H27N5O3S. The molecule has 0 bridgehead atoms. The maximum Gasteiger partial charge on any atom is 0.234 e. The number of methoxy groups -OCH3 is 1. The van der Waals surface area contributed by atoms with Crippen molar-refractivity contribution < 1.29 is 14.3 Å². The van der Waals surface area contributed by atoms with E-state index in [-0.39, 0.29) is 12.5 Å². The lowest BCUT2D eigenvalue weighted by Gasteiger charge is -2.15. The Labute approximate surface area is 164 Å². The number of rotatable bonds is 10. The van der Waals surface area contributed by atoms with Crippen LogP contribution in [0.4, 0.5) is 0 Å². The highest BCUT2D eigenvalue weighted by atomic mass is 32.1. The number of benzene rings is 1. The van der Waals surface area contributed by atoms with Crippen LogP contribution in [0.5, 0.6) is 11.5 Å². The van der Waals surface area contributed by atoms with Crippen LogP contribution in [-0.4, -0.2) is 52.4 Å². The zero-order valence-electron chi connectivity index (χ0n) is 16.3. The molecule has 0 aliphatic carbocycles. The SMILES string of the molecule is CCCNC(=O)CN(C)Cn1nc(COc2ccc(OC)cc2)n(C)c1=S. The van der Waals surface area contributed by atoms with Crippen LogP contribution in [-0.2, 0) is 25.1 Å². The van der Waals surface area contributed by atoms with Crippen molar-refractivity contribution in [1.29, 1.82) is 0 Å². The van der Waals surface area contributed by atoms with E-state index < -0.39 is 0 Å². The number of likely N-dealkylation sites (N-methyl/N-ethyl adjacent to an activating group) is 1. The molecule has 1 aromatic carbocycles. The lowest BCUT2D eigenvalue weighted by molar-refractivity contribution is -0.122. The molecule has 0 saturated heterocycles. The monoisotopic (exact) mass is 393 g/mol. The van der Waals surface area contributed by atoms with E-state index in [9.17, 15) is 4.79 Å². The fourth-order valence-corrected chi connectivity index (χ4v) is 2.62. The number of carbonyl (C=O) groups excluding carboxylic acids is 1. The molecule has 1 aromatic heterocycles. The molecule has 1 heterocycles. The average Bonchev–Trinajstić information content (AvgIpc) is 2.92. The molecule has 1 N–H and O–H groups in total. The van der Waals surface area contributed by atoms with Crippen molar-refractivity contribution >= 4 is 18.1 Å². The van der Waals surface area contributed by atoms with E-state index in [0.717, 1.165) is 17.9 Å². The van der Waals surface area contributed by atoms with Gasteiger partial charge in [-0.15, -0.1) is 0 Å². The minimum atomic E-state index is -0.00939. The van der Waals surface area contributed by atoms with Gasteiger partial charge >= 0.3 is 0 Å². The topological polar surface area (TPSA) is 73.6 Å². The molecule has 0 aliphatic heterocycles. The van der Waals surface area contributed by atoms with Crippen LogP contribution in [0.25, 0.3) is 0 Å². The van der Waals surface area contributed by atoms with Gasteiger partial charge in [-0.1, -0.05) is 6.92 Å². The van der Waals surface area contributed by atoms with Crippen molar-refractivity contribution in [2.24, 2.45) is 7.05 Å². The summed E-state index contributed by atoms with van der Waals surface area (Å²) in [6.07, 6.45) is 0.915. The number of nitrogens with zero attached hydrogens (tertiary/aromatic N) is 4. The molecule has 0 unspecified atom stereocenters. The number of nitrogens with one attached hydrogen (secondary N) is 1. The van der Waals surface area contributed by atoms with Gasteiger partial charge in [0.25, 0.3) is 0 Å². The standard InChI is InChI=1S/C18H27N5O3S/c1-5-10-19-17(24)11-21(2)13-23-18(27)22(3)16(20-23)12-26-15-8-6-14(25-4)7-9-15/h6-9H,5,10-13H2,1-4H3,(H,19,24). The van der Waals surface area contributed by atoms with Crippen molar-refractivity contribution in [2.45, 2.75) is 26.6 Å². The molecule has 0 radical (unpaired) electrons. The van der Waals surface area contributed by atoms with Gasteiger partial charge in [0.15, 0.2) is 10.6 Å². The van der Waals surface area contributed by atoms with E-state index >= 15 is 0 Å². The highest BCUT2D eigenvalue weighted by Gasteiger charge is 2.12. The largest absolute Gasteiger partial charge is 0.497 e. The Morgan fingerprint density at radius 3 is 2.59 bits per heavy atom. The molecular weight excluding hydrogens is 366 g/mol. The van der Waals surface area contributed by atoms with E-state index in [4.69, 9.17) is 21.7 Å². The van der Waals surface area contributed by atoms with Crippen LogP contribution in [0.1, 0.15) is 19.2 Å². The molecule has 27 heavy (non-hydrogen) atoms. The second-order valence-electron chi connectivity index (χ2n) is 6.23. The number of hydrogen-bond donors (Lipinski definition) is 1. The summed E-state index contributed by atoms with van der Waals surface area (Å²) in [6, 6.07) is 7.36. The smallest absolute Gasteiger partial charge is 0.234 e. The van der Waals surface area contributed by atoms with Crippen molar-refractivity contribution in [1.82, 2.24) is 24.6 Å². The van der Waals surface area contributed by atoms with Crippen LogP contribution in [0.3, 0.4) is 0 Å². The predicted octanol–water partition coefficient (Wildman–Crippen LogP) is 1.95. The van der Waals surface area contributed by atoms with Gasteiger partial charge in [0, 0.05) is 13.6 Å². The highest BCUT2D eigenvalue weighted by Crippen LogP contribution is 2.18. The molecule has 0 saturated carbocycles. The lowest BCUT2D eigenvalue weighted by Crippen LogP contribution is -2.36. The first-order valence-electron chi connectivity index (χ1n) is 8.79. The van der Waals surface area contributed by atoms with Crippen LogP contribution < -0.4 is 14.8 Å². The van der Waals surface area contributed by atoms with Crippen LogP contribution in [0, 0.1) is 4.77 Å². The Balaban J connectivity index is 1.95. The molecule has 2 rings (SSSR count). The Bertz CT molecular complexity index is 800. The Hall–Kier alpha value is -2.39. The van der Waals surface area contributed by atoms with Gasteiger partial charge in [0.05, 0.1) is 20.3 Å². The maximum atomic E-state index is 11.8. The summed E-state index contributed by atoms with van der Waals surface area (Å²) in [7, 11) is 5.33. The lowest BCUT2D eigenvalue weighted by atomic mass is 10.3. The van der Waals surface area contributed by atoms with Gasteiger partial charge in [0.2, 0.25) is 5.91 Å². The van der Waals surface area contributed by atoms with Gasteiger partial charge in [-0.2, -0.15) is 5.10 Å². The van der Waals surface area contributed by atoms with Gasteiger partial charge in [-0.25, -0.2) is 4.68 Å². The molecule has 9 heteroatoms. The molecule has 0 spiro atoms. The van der Waals surface area contributed by atoms with Crippen LogP contribution in [0.15, 0.2) is 24.3 Å². The first-order valence-corrected chi connectivity index (χ1v) is 9.20. The number of carbonyl (C=O) groups is 1. The van der Waals surface area contributed by atoms with E-state index in [1.165, 1.54) is 0 Å². The van der Waals surface area contributed by atoms with Crippen molar-refractivity contribution in [3.05, 3.63) is 34.9 Å². The molecule has 2 aromatic rings. The van der Waals surface area contributed by atoms with Crippen molar-refractivity contribution in [3.8, 4) is 11.5 Å². The minimum absolute atomic E-state index is 0.00939. The first kappa shape index (κ1) is 20.9. The summed E-state index contributed by atoms with van der Waals surface area (Å²) in [5.74, 6) is 2.20. The molecule has 148 valence electrons. The molecule has 0 aliphatic rings. The summed E-state index contributed by atoms with van der Waals surface area (Å²) < 4.78 is 15.0. The summed E-state index contributed by atoms with van der Waals surface area (Å²) in [6.45, 7) is 3.71. The summed E-state index contributed by atoms with van der Waals surface area (Å²) in [5, 5.41) is 7.38. The molecule has 0 fully saturated rings. The molecule has 0 atom stereocenters. The second kappa shape index (κ2) is 10.1. The van der Waals surface area contributed by atoms with E-state index in [0.29, 0.717) is 30.4 Å². The van der Waals surface area contributed by atoms with Gasteiger partial charge in [-0.3, -0.25) is 9.69 Å². The Morgan fingerprint density at radius 2 is 1.96 bits per heavy atom. The first-order chi connectivity index (χ1) is 12.9. The van der Waals surface area contributed by atoms with E-state index in [1.807, 2.05) is 54.8 Å². The maximum absolute atomic E-state index is 11.8. The third-order valence-corrected chi connectivity index (χ3v) is 4.40. The summed E-state index contributed by atoms with van der Waals surface area (Å²) >= 11 is 5.44. The quantitative estimate of drug-likeness (QED) is 0.622. The second-order valence-corrected chi connectivity index (χ2v) is 6.59. The van der Waals surface area contributed by atoms with Crippen molar-refractivity contribution in [3.63, 3.8) is 0 Å². The molecule has 1 amide bonds. The Morgan fingerprint density at radius 1 is 1.30 bits per heavy atom. The van der Waals surface area contributed by atoms with E-state index in [2.05, 4.69) is 10.4 Å². The van der Waals surface area contributed by atoms with Gasteiger partial charge in [-0.05, 0) is 50.0 Å². The summed E-state index contributed by atoms with van der Waals surface area (Å²) in [4.78, 5) is 13.7. The predicted molar refractivity (Wildman–Crippen MR) is 105 cm³/mol. The normalized spacial score (nSPS) is 10.9. The zero-order valence-corrected chi connectivity index (χ0v) is 17.1. The number of aromatic nitrogens is 3. The van der Waals surface area contributed by atoms with Gasteiger partial charge in [0.1, 0.15) is 18.1 Å². The van der Waals surface area contributed by atoms with Crippen LogP contribution >= 0.6 is 12.2 Å². The number of amides is 1. The highest BCUT2D eigenvalue weighted by molar-refractivity contribution is 7.71. The van der Waals surface area contributed by atoms with E-state index in [1.54, 1.807) is 11.8 Å². The number of hydrogen-bond acceptors (Lipinski definition) is 6. The fraction of sp³-hybridized carbons (Fsp3) is 0.500.